The fourth-order valence-corrected chi connectivity index (χ4v) is 5.33. The first-order chi connectivity index (χ1) is 16.8. The van der Waals surface area contributed by atoms with Crippen molar-refractivity contribution in [3.63, 3.8) is 0 Å². The molecule has 186 valence electrons. The molecule has 0 spiro atoms. The Bertz CT molecular complexity index is 1200. The van der Waals surface area contributed by atoms with E-state index in [-0.39, 0.29) is 17.9 Å². The summed E-state index contributed by atoms with van der Waals surface area (Å²) in [6.07, 6.45) is 3.55. The number of ether oxygens (including phenoxy) is 2. The van der Waals surface area contributed by atoms with Crippen molar-refractivity contribution in [1.29, 1.82) is 0 Å². The van der Waals surface area contributed by atoms with Crippen LogP contribution in [-0.4, -0.2) is 53.3 Å². The van der Waals surface area contributed by atoms with Gasteiger partial charge in [-0.25, -0.2) is 4.98 Å². The van der Waals surface area contributed by atoms with E-state index >= 15 is 0 Å². The third kappa shape index (κ3) is 4.95. The van der Waals surface area contributed by atoms with E-state index in [9.17, 15) is 4.79 Å². The van der Waals surface area contributed by atoms with Gasteiger partial charge in [0.15, 0.2) is 5.65 Å². The Hall–Kier alpha value is -2.84. The molecule has 2 fully saturated rings. The number of H-pyrrole nitrogens is 1. The van der Waals surface area contributed by atoms with Gasteiger partial charge in [0.2, 0.25) is 5.91 Å². The molecule has 2 aromatic heterocycles. The molecule has 5 rings (SSSR count). The first-order valence-corrected chi connectivity index (χ1v) is 12.6. The number of carbonyl (C=O) groups excluding carboxylic acids is 1. The SMILES string of the molecule is CC(C)(C(N)=O)C1CCC(Oc2nc3nc(-c4ccc(N5CCOCC5)cc4)c(Cl)cc3[nH]2)CC1. The van der Waals surface area contributed by atoms with Crippen LogP contribution in [0.4, 0.5) is 5.69 Å². The van der Waals surface area contributed by atoms with E-state index < -0.39 is 5.41 Å². The lowest BCUT2D eigenvalue weighted by atomic mass is 9.70. The van der Waals surface area contributed by atoms with Crippen LogP contribution in [0.2, 0.25) is 5.02 Å². The molecule has 3 aromatic rings. The number of benzene rings is 1. The summed E-state index contributed by atoms with van der Waals surface area (Å²) in [4.78, 5) is 26.6. The molecule has 0 radical (unpaired) electrons. The number of fused-ring (bicyclic) bond motifs is 1. The first-order valence-electron chi connectivity index (χ1n) is 12.3. The summed E-state index contributed by atoms with van der Waals surface area (Å²) in [5.74, 6) is 0.0295. The number of rotatable bonds is 6. The average Bonchev–Trinajstić information content (AvgIpc) is 3.25. The quantitative estimate of drug-likeness (QED) is 0.517. The molecule has 0 atom stereocenters. The maximum atomic E-state index is 11.8. The standard InChI is InChI=1S/C26H32ClN5O3/c1-26(2,24(28)33)17-5-9-19(10-6-17)35-25-29-21-15-20(27)22(30-23(21)31-25)16-3-7-18(8-4-16)32-11-13-34-14-12-32/h3-4,7-8,15,17,19H,5-6,9-14H2,1-2H3,(H2,28,33)(H,29,30,31). The third-order valence-electron chi connectivity index (χ3n) is 7.53. The number of nitrogens with zero attached hydrogens (tertiary/aromatic N) is 3. The number of anilines is 1. The van der Waals surface area contributed by atoms with Crippen LogP contribution < -0.4 is 15.4 Å². The first kappa shape index (κ1) is 23.9. The van der Waals surface area contributed by atoms with Crippen LogP contribution in [0.3, 0.4) is 0 Å². The van der Waals surface area contributed by atoms with E-state index in [1.807, 2.05) is 32.0 Å². The minimum atomic E-state index is -0.498. The van der Waals surface area contributed by atoms with Gasteiger partial charge in [0.25, 0.3) is 6.01 Å². The van der Waals surface area contributed by atoms with Gasteiger partial charge in [-0.1, -0.05) is 37.6 Å². The second kappa shape index (κ2) is 9.66. The van der Waals surface area contributed by atoms with E-state index in [4.69, 9.17) is 31.8 Å². The third-order valence-corrected chi connectivity index (χ3v) is 7.82. The molecule has 8 nitrogen and oxygen atoms in total. The lowest BCUT2D eigenvalue weighted by Crippen LogP contribution is -2.41. The number of aromatic amines is 1. The number of imidazole rings is 1. The normalized spacial score (nSPS) is 21.3. The Morgan fingerprint density at radius 3 is 2.49 bits per heavy atom. The minimum absolute atomic E-state index is 0.0400. The van der Waals surface area contributed by atoms with Gasteiger partial charge in [0, 0.05) is 29.8 Å². The second-order valence-corrected chi connectivity index (χ2v) is 10.5. The summed E-state index contributed by atoms with van der Waals surface area (Å²) in [7, 11) is 0. The Balaban J connectivity index is 1.28. The van der Waals surface area contributed by atoms with Crippen molar-refractivity contribution in [3.05, 3.63) is 35.4 Å². The van der Waals surface area contributed by atoms with E-state index in [0.29, 0.717) is 22.4 Å². The van der Waals surface area contributed by atoms with Crippen molar-refractivity contribution >= 4 is 34.4 Å². The van der Waals surface area contributed by atoms with Crippen molar-refractivity contribution in [2.24, 2.45) is 17.1 Å². The average molecular weight is 498 g/mol. The number of nitrogens with two attached hydrogens (primary N) is 1. The Labute approximate surface area is 210 Å². The van der Waals surface area contributed by atoms with Gasteiger partial charge in [-0.05, 0) is 49.8 Å². The molecule has 1 aliphatic heterocycles. The highest BCUT2D eigenvalue weighted by molar-refractivity contribution is 6.33. The molecular formula is C26H32ClN5O3. The van der Waals surface area contributed by atoms with Gasteiger partial charge in [-0.15, -0.1) is 0 Å². The molecule has 1 saturated heterocycles. The summed E-state index contributed by atoms with van der Waals surface area (Å²) >= 11 is 6.60. The van der Waals surface area contributed by atoms with E-state index in [0.717, 1.165) is 63.1 Å². The monoisotopic (exact) mass is 497 g/mol. The molecule has 3 heterocycles. The molecular weight excluding hydrogens is 466 g/mol. The molecule has 9 heteroatoms. The summed E-state index contributed by atoms with van der Waals surface area (Å²) < 4.78 is 11.6. The van der Waals surface area contributed by atoms with Crippen LogP contribution in [0.5, 0.6) is 6.01 Å². The number of hydrogen-bond donors (Lipinski definition) is 2. The fourth-order valence-electron chi connectivity index (χ4n) is 5.07. The predicted octanol–water partition coefficient (Wildman–Crippen LogP) is 4.56. The Morgan fingerprint density at radius 2 is 1.83 bits per heavy atom. The van der Waals surface area contributed by atoms with Gasteiger partial charge in [0.1, 0.15) is 6.10 Å². The van der Waals surface area contributed by atoms with E-state index in [2.05, 4.69) is 27.0 Å². The van der Waals surface area contributed by atoms with Crippen LogP contribution in [0, 0.1) is 11.3 Å². The van der Waals surface area contributed by atoms with Gasteiger partial charge < -0.3 is 25.1 Å². The second-order valence-electron chi connectivity index (χ2n) is 10.1. The number of morpholine rings is 1. The van der Waals surface area contributed by atoms with Gasteiger partial charge in [0.05, 0.1) is 29.4 Å². The maximum Gasteiger partial charge on any atom is 0.296 e. The number of nitrogens with one attached hydrogen (secondary N) is 1. The fraction of sp³-hybridized carbons (Fsp3) is 0.500. The number of pyridine rings is 1. The predicted molar refractivity (Wildman–Crippen MR) is 137 cm³/mol. The smallest absolute Gasteiger partial charge is 0.296 e. The highest BCUT2D eigenvalue weighted by Gasteiger charge is 2.38. The zero-order chi connectivity index (χ0) is 24.6. The van der Waals surface area contributed by atoms with Crippen LogP contribution in [0.15, 0.2) is 30.3 Å². The van der Waals surface area contributed by atoms with Crippen LogP contribution in [-0.2, 0) is 9.53 Å². The summed E-state index contributed by atoms with van der Waals surface area (Å²) in [5.41, 5.74) is 9.21. The zero-order valence-electron chi connectivity index (χ0n) is 20.2. The molecule has 1 aromatic carbocycles. The van der Waals surface area contributed by atoms with Gasteiger partial charge in [-0.2, -0.15) is 4.98 Å². The summed E-state index contributed by atoms with van der Waals surface area (Å²) in [6.45, 7) is 7.16. The topological polar surface area (TPSA) is 106 Å². The van der Waals surface area contributed by atoms with Crippen molar-refractivity contribution in [1.82, 2.24) is 15.0 Å². The van der Waals surface area contributed by atoms with Crippen molar-refractivity contribution in [3.8, 4) is 17.3 Å². The number of halogens is 1. The lowest BCUT2D eigenvalue weighted by molar-refractivity contribution is -0.129. The van der Waals surface area contributed by atoms with Crippen molar-refractivity contribution in [2.75, 3.05) is 31.2 Å². The Morgan fingerprint density at radius 1 is 1.14 bits per heavy atom. The van der Waals surface area contributed by atoms with Crippen LogP contribution in [0.25, 0.3) is 22.4 Å². The number of amides is 1. The maximum absolute atomic E-state index is 11.8. The number of carbonyl (C=O) groups is 1. The number of primary amides is 1. The molecule has 1 amide bonds. The number of hydrogen-bond acceptors (Lipinski definition) is 6. The highest BCUT2D eigenvalue weighted by atomic mass is 35.5. The number of aromatic nitrogens is 3. The molecule has 35 heavy (non-hydrogen) atoms. The molecule has 0 bridgehead atoms. The van der Waals surface area contributed by atoms with Crippen molar-refractivity contribution < 1.29 is 14.3 Å². The molecule has 0 unspecified atom stereocenters. The largest absolute Gasteiger partial charge is 0.461 e. The molecule has 1 aliphatic carbocycles. The molecule has 3 N–H and O–H groups in total. The summed E-state index contributed by atoms with van der Waals surface area (Å²) in [5, 5.41) is 0.556. The molecule has 1 saturated carbocycles. The van der Waals surface area contributed by atoms with E-state index in [1.54, 1.807) is 0 Å². The van der Waals surface area contributed by atoms with Gasteiger partial charge >= 0.3 is 0 Å². The van der Waals surface area contributed by atoms with Gasteiger partial charge in [-0.3, -0.25) is 4.79 Å². The van der Waals surface area contributed by atoms with E-state index in [1.165, 1.54) is 5.69 Å². The van der Waals surface area contributed by atoms with Crippen LogP contribution in [0.1, 0.15) is 39.5 Å². The lowest BCUT2D eigenvalue weighted by Gasteiger charge is -2.36. The van der Waals surface area contributed by atoms with Crippen LogP contribution >= 0.6 is 11.6 Å². The summed E-state index contributed by atoms with van der Waals surface area (Å²) in [6, 6.07) is 10.6. The minimum Gasteiger partial charge on any atom is -0.461 e. The highest BCUT2D eigenvalue weighted by Crippen LogP contribution is 2.39. The zero-order valence-corrected chi connectivity index (χ0v) is 21.0. The molecule has 2 aliphatic rings. The van der Waals surface area contributed by atoms with Crippen molar-refractivity contribution in [2.45, 2.75) is 45.6 Å². The Kier molecular flexibility index (Phi) is 6.59.